The SMILES string of the molecule is CC(C)n1cc(-c2ccc3nc(-c4cccnc4N)n(-c4ccc(CO)cc4)c3n2)nn1. The summed E-state index contributed by atoms with van der Waals surface area (Å²) >= 11 is 0. The first-order chi connectivity index (χ1) is 15.5. The van der Waals surface area contributed by atoms with Crippen molar-refractivity contribution in [1.82, 2.24) is 34.5 Å². The standard InChI is InChI=1S/C23H22N8O/c1-14(2)30-12-20(28-29-30)18-9-10-19-23(26-18)31(16-7-5-15(13-32)6-8-16)22(27-19)17-4-3-11-25-21(17)24/h3-12,14,32H,13H2,1-2H3,(H2,24,25). The highest BCUT2D eigenvalue weighted by atomic mass is 16.3. The Bertz CT molecular complexity index is 1400. The maximum absolute atomic E-state index is 9.43. The van der Waals surface area contributed by atoms with E-state index in [-0.39, 0.29) is 12.6 Å². The Balaban J connectivity index is 1.74. The van der Waals surface area contributed by atoms with E-state index in [4.69, 9.17) is 15.7 Å². The summed E-state index contributed by atoms with van der Waals surface area (Å²) in [6.07, 6.45) is 3.53. The maximum atomic E-state index is 9.43. The summed E-state index contributed by atoms with van der Waals surface area (Å²) < 4.78 is 3.74. The molecule has 9 nitrogen and oxygen atoms in total. The van der Waals surface area contributed by atoms with E-state index in [1.54, 1.807) is 10.9 Å². The number of rotatable bonds is 5. The number of anilines is 1. The predicted octanol–water partition coefficient (Wildman–Crippen LogP) is 3.40. The molecule has 9 heteroatoms. The summed E-state index contributed by atoms with van der Waals surface area (Å²) in [6.45, 7) is 4.07. The molecule has 0 aliphatic rings. The van der Waals surface area contributed by atoms with E-state index in [1.807, 2.05) is 73.1 Å². The molecular formula is C23H22N8O. The molecule has 0 aliphatic heterocycles. The van der Waals surface area contributed by atoms with Crippen molar-refractivity contribution in [2.45, 2.75) is 26.5 Å². The second-order valence-electron chi connectivity index (χ2n) is 7.75. The van der Waals surface area contributed by atoms with Crippen molar-refractivity contribution in [3.63, 3.8) is 0 Å². The average molecular weight is 426 g/mol. The van der Waals surface area contributed by atoms with Crippen LogP contribution in [-0.2, 0) is 6.61 Å². The molecule has 4 heterocycles. The largest absolute Gasteiger partial charge is 0.392 e. The summed E-state index contributed by atoms with van der Waals surface area (Å²) in [5.41, 5.74) is 11.3. The number of aromatic nitrogens is 7. The number of nitrogens with two attached hydrogens (primary N) is 1. The van der Waals surface area contributed by atoms with Gasteiger partial charge in [0.25, 0.3) is 0 Å². The van der Waals surface area contributed by atoms with Crippen molar-refractivity contribution >= 4 is 17.0 Å². The minimum Gasteiger partial charge on any atom is -0.392 e. The molecular weight excluding hydrogens is 404 g/mol. The Kier molecular flexibility index (Phi) is 4.87. The predicted molar refractivity (Wildman–Crippen MR) is 122 cm³/mol. The summed E-state index contributed by atoms with van der Waals surface area (Å²) in [5, 5.41) is 17.9. The van der Waals surface area contributed by atoms with Crippen LogP contribution in [0.2, 0.25) is 0 Å². The van der Waals surface area contributed by atoms with Gasteiger partial charge in [0.05, 0.1) is 24.1 Å². The first-order valence-corrected chi connectivity index (χ1v) is 10.3. The zero-order valence-corrected chi connectivity index (χ0v) is 17.7. The molecule has 160 valence electrons. The van der Waals surface area contributed by atoms with E-state index in [0.717, 1.165) is 16.8 Å². The molecule has 5 aromatic rings. The van der Waals surface area contributed by atoms with Gasteiger partial charge in [-0.25, -0.2) is 19.6 Å². The van der Waals surface area contributed by atoms with Crippen LogP contribution >= 0.6 is 0 Å². The van der Waals surface area contributed by atoms with Gasteiger partial charge in [-0.1, -0.05) is 17.3 Å². The third-order valence-electron chi connectivity index (χ3n) is 5.26. The van der Waals surface area contributed by atoms with Gasteiger partial charge in [-0.2, -0.15) is 0 Å². The van der Waals surface area contributed by atoms with Crippen molar-refractivity contribution in [2.75, 3.05) is 5.73 Å². The second-order valence-corrected chi connectivity index (χ2v) is 7.75. The highest BCUT2D eigenvalue weighted by molar-refractivity contribution is 5.84. The molecule has 0 radical (unpaired) electrons. The molecule has 32 heavy (non-hydrogen) atoms. The van der Waals surface area contributed by atoms with Crippen LogP contribution in [0.3, 0.4) is 0 Å². The molecule has 5 rings (SSSR count). The number of hydrogen-bond acceptors (Lipinski definition) is 7. The highest BCUT2D eigenvalue weighted by Crippen LogP contribution is 2.31. The smallest absolute Gasteiger partial charge is 0.165 e. The Morgan fingerprint density at radius 3 is 2.50 bits per heavy atom. The number of nitrogens with zero attached hydrogens (tertiary/aromatic N) is 7. The van der Waals surface area contributed by atoms with Gasteiger partial charge >= 0.3 is 0 Å². The Morgan fingerprint density at radius 2 is 1.81 bits per heavy atom. The fourth-order valence-corrected chi connectivity index (χ4v) is 3.53. The minimum absolute atomic E-state index is 0.0265. The van der Waals surface area contributed by atoms with E-state index in [2.05, 4.69) is 15.3 Å². The van der Waals surface area contributed by atoms with Gasteiger partial charge in [0.15, 0.2) is 11.5 Å². The van der Waals surface area contributed by atoms with Crippen molar-refractivity contribution < 1.29 is 5.11 Å². The Morgan fingerprint density at radius 1 is 1.00 bits per heavy atom. The van der Waals surface area contributed by atoms with Crippen molar-refractivity contribution in [3.05, 3.63) is 66.5 Å². The molecule has 0 aliphatic carbocycles. The quantitative estimate of drug-likeness (QED) is 0.442. The summed E-state index contributed by atoms with van der Waals surface area (Å²) in [7, 11) is 0. The molecule has 0 unspecified atom stereocenters. The van der Waals surface area contributed by atoms with E-state index in [1.165, 1.54) is 0 Å². The monoisotopic (exact) mass is 426 g/mol. The molecule has 0 saturated heterocycles. The van der Waals surface area contributed by atoms with E-state index in [0.29, 0.717) is 34.2 Å². The Hall–Kier alpha value is -4.11. The number of hydrogen-bond donors (Lipinski definition) is 2. The number of aliphatic hydroxyl groups excluding tert-OH is 1. The fourth-order valence-electron chi connectivity index (χ4n) is 3.53. The van der Waals surface area contributed by atoms with Crippen molar-refractivity contribution in [1.29, 1.82) is 0 Å². The number of aliphatic hydroxyl groups is 1. The lowest BCUT2D eigenvalue weighted by Crippen LogP contribution is -2.02. The number of pyridine rings is 2. The lowest BCUT2D eigenvalue weighted by atomic mass is 10.2. The molecule has 0 fully saturated rings. The second kappa shape index (κ2) is 7.86. The van der Waals surface area contributed by atoms with Crippen LogP contribution in [0, 0.1) is 0 Å². The molecule has 0 spiro atoms. The lowest BCUT2D eigenvalue weighted by Gasteiger charge is -2.11. The van der Waals surface area contributed by atoms with Crippen molar-refractivity contribution in [3.8, 4) is 28.5 Å². The van der Waals surface area contributed by atoms with Gasteiger partial charge in [0.2, 0.25) is 0 Å². The van der Waals surface area contributed by atoms with E-state index < -0.39 is 0 Å². The first-order valence-electron chi connectivity index (χ1n) is 10.3. The third-order valence-corrected chi connectivity index (χ3v) is 5.26. The topological polar surface area (TPSA) is 121 Å². The molecule has 0 saturated carbocycles. The van der Waals surface area contributed by atoms with Gasteiger partial charge in [0, 0.05) is 17.9 Å². The molecule has 0 bridgehead atoms. The van der Waals surface area contributed by atoms with Crippen LogP contribution in [0.1, 0.15) is 25.5 Å². The molecule has 1 aromatic carbocycles. The average Bonchev–Trinajstić information content (AvgIpc) is 3.44. The lowest BCUT2D eigenvalue weighted by molar-refractivity contribution is 0.282. The maximum Gasteiger partial charge on any atom is 0.165 e. The van der Waals surface area contributed by atoms with Gasteiger partial charge in [0.1, 0.15) is 17.0 Å². The van der Waals surface area contributed by atoms with Crippen LogP contribution in [0.25, 0.3) is 39.6 Å². The zero-order valence-electron chi connectivity index (χ0n) is 17.7. The third kappa shape index (κ3) is 3.38. The fraction of sp³-hybridized carbons (Fsp3) is 0.174. The van der Waals surface area contributed by atoms with Crippen LogP contribution in [-0.4, -0.2) is 39.6 Å². The summed E-state index contributed by atoms with van der Waals surface area (Å²) in [5.74, 6) is 1.02. The van der Waals surface area contributed by atoms with Crippen LogP contribution in [0.15, 0.2) is 60.9 Å². The van der Waals surface area contributed by atoms with Crippen LogP contribution in [0.4, 0.5) is 5.82 Å². The van der Waals surface area contributed by atoms with Gasteiger partial charge in [-0.3, -0.25) is 4.57 Å². The molecule has 0 atom stereocenters. The van der Waals surface area contributed by atoms with E-state index in [9.17, 15) is 5.11 Å². The van der Waals surface area contributed by atoms with Gasteiger partial charge < -0.3 is 10.8 Å². The van der Waals surface area contributed by atoms with Gasteiger partial charge in [-0.15, -0.1) is 5.10 Å². The molecule has 4 aromatic heterocycles. The normalized spacial score (nSPS) is 11.5. The Labute approximate surface area is 184 Å². The molecule has 0 amide bonds. The van der Waals surface area contributed by atoms with Crippen LogP contribution in [0.5, 0.6) is 0 Å². The van der Waals surface area contributed by atoms with Gasteiger partial charge in [-0.05, 0) is 55.8 Å². The highest BCUT2D eigenvalue weighted by Gasteiger charge is 2.19. The van der Waals surface area contributed by atoms with Crippen LogP contribution < -0.4 is 5.73 Å². The first kappa shape index (κ1) is 19.8. The minimum atomic E-state index is -0.0265. The number of imidazole rings is 1. The van der Waals surface area contributed by atoms with E-state index >= 15 is 0 Å². The summed E-state index contributed by atoms with van der Waals surface area (Å²) in [6, 6.07) is 15.3. The number of fused-ring (bicyclic) bond motifs is 1. The number of benzene rings is 1. The zero-order chi connectivity index (χ0) is 22.2. The summed E-state index contributed by atoms with van der Waals surface area (Å²) in [4.78, 5) is 13.9. The van der Waals surface area contributed by atoms with Crippen molar-refractivity contribution in [2.24, 2.45) is 0 Å². The molecule has 3 N–H and O–H groups in total. The number of nitrogen functional groups attached to an aromatic ring is 1.